The van der Waals surface area contributed by atoms with Gasteiger partial charge < -0.3 is 5.11 Å². The van der Waals surface area contributed by atoms with Gasteiger partial charge in [0.15, 0.2) is 0 Å². The van der Waals surface area contributed by atoms with Crippen LogP contribution in [0.3, 0.4) is 0 Å². The van der Waals surface area contributed by atoms with Crippen molar-refractivity contribution < 1.29 is 18.7 Å². The van der Waals surface area contributed by atoms with Crippen LogP contribution in [0.1, 0.15) is 12.0 Å². The molecule has 1 rings (SSSR count). The summed E-state index contributed by atoms with van der Waals surface area (Å²) in [6.45, 7) is 3.61. The fourth-order valence-electron chi connectivity index (χ4n) is 1.29. The van der Waals surface area contributed by atoms with E-state index < -0.39 is 18.3 Å². The quantitative estimate of drug-likeness (QED) is 0.838. The van der Waals surface area contributed by atoms with Crippen molar-refractivity contribution in [3.8, 4) is 0 Å². The molecule has 0 radical (unpaired) electrons. The second-order valence-electron chi connectivity index (χ2n) is 3.43. The van der Waals surface area contributed by atoms with E-state index in [0.29, 0.717) is 11.1 Å². The Morgan fingerprint density at radius 2 is 1.88 bits per heavy atom. The van der Waals surface area contributed by atoms with Crippen LogP contribution in [0.25, 0.3) is 5.57 Å². The molecule has 0 aliphatic heterocycles. The molecule has 0 aliphatic rings. The minimum absolute atomic E-state index is 0.322. The first-order valence-electron chi connectivity index (χ1n) is 4.76. The molecule has 2 atom stereocenters. The predicted octanol–water partition coefficient (Wildman–Crippen LogP) is 2.85. The first-order chi connectivity index (χ1) is 7.52. The van der Waals surface area contributed by atoms with E-state index in [9.17, 15) is 13.6 Å². The lowest BCUT2D eigenvalue weighted by Crippen LogP contribution is -2.26. The summed E-state index contributed by atoms with van der Waals surface area (Å²) in [7, 11) is 0. The van der Waals surface area contributed by atoms with Crippen molar-refractivity contribution in [2.75, 3.05) is 0 Å². The molecule has 16 heavy (non-hydrogen) atoms. The molecule has 0 aromatic heterocycles. The fourth-order valence-corrected chi connectivity index (χ4v) is 1.29. The molecule has 2 unspecified atom stereocenters. The highest BCUT2D eigenvalue weighted by Crippen LogP contribution is 2.21. The van der Waals surface area contributed by atoms with Crippen molar-refractivity contribution in [3.05, 3.63) is 42.5 Å². The van der Waals surface area contributed by atoms with Crippen LogP contribution in [0.5, 0.6) is 0 Å². The smallest absolute Gasteiger partial charge is 0.341 e. The Balaban J connectivity index is 2.62. The average Bonchev–Trinajstić information content (AvgIpc) is 2.28. The van der Waals surface area contributed by atoms with Crippen LogP contribution in [0.2, 0.25) is 0 Å². The Bertz CT molecular complexity index is 376. The van der Waals surface area contributed by atoms with Crippen molar-refractivity contribution in [1.82, 2.24) is 0 Å². The molecule has 1 aromatic rings. The van der Waals surface area contributed by atoms with Gasteiger partial charge in [-0.1, -0.05) is 36.9 Å². The highest BCUT2D eigenvalue weighted by molar-refractivity contribution is 5.74. The summed E-state index contributed by atoms with van der Waals surface area (Å²) < 4.78 is 25.9. The van der Waals surface area contributed by atoms with Crippen LogP contribution in [0, 0.1) is 0 Å². The van der Waals surface area contributed by atoms with Crippen LogP contribution in [0.4, 0.5) is 8.78 Å². The summed E-state index contributed by atoms with van der Waals surface area (Å²) >= 11 is 0. The molecular formula is C12H12F2O2. The van der Waals surface area contributed by atoms with Crippen molar-refractivity contribution in [2.45, 2.75) is 18.8 Å². The van der Waals surface area contributed by atoms with E-state index in [0.717, 1.165) is 0 Å². The molecular weight excluding hydrogens is 214 g/mol. The zero-order chi connectivity index (χ0) is 12.1. The summed E-state index contributed by atoms with van der Waals surface area (Å²) in [4.78, 5) is 10.2. The van der Waals surface area contributed by atoms with Crippen LogP contribution >= 0.6 is 0 Å². The van der Waals surface area contributed by atoms with Gasteiger partial charge in [0.25, 0.3) is 0 Å². The molecule has 0 saturated heterocycles. The van der Waals surface area contributed by atoms with Crippen molar-refractivity contribution in [1.29, 1.82) is 0 Å². The summed E-state index contributed by atoms with van der Waals surface area (Å²) in [6.07, 6.45) is -4.89. The Hall–Kier alpha value is -1.71. The number of rotatable bonds is 5. The van der Waals surface area contributed by atoms with Crippen LogP contribution in [-0.2, 0) is 4.79 Å². The Labute approximate surface area is 92.2 Å². The average molecular weight is 226 g/mol. The second-order valence-corrected chi connectivity index (χ2v) is 3.43. The highest BCUT2D eigenvalue weighted by atomic mass is 19.2. The number of halogens is 2. The van der Waals surface area contributed by atoms with E-state index in [1.807, 2.05) is 0 Å². The molecule has 86 valence electrons. The lowest BCUT2D eigenvalue weighted by molar-refractivity contribution is -0.145. The van der Waals surface area contributed by atoms with Crippen molar-refractivity contribution in [2.24, 2.45) is 0 Å². The number of hydrogen-bond acceptors (Lipinski definition) is 1. The maximum Gasteiger partial charge on any atom is 0.341 e. The lowest BCUT2D eigenvalue weighted by Gasteiger charge is -2.11. The molecule has 0 bridgehead atoms. The highest BCUT2D eigenvalue weighted by Gasteiger charge is 2.28. The van der Waals surface area contributed by atoms with Gasteiger partial charge in [-0.3, -0.25) is 0 Å². The van der Waals surface area contributed by atoms with Gasteiger partial charge in [-0.25, -0.2) is 13.6 Å². The standard InChI is InChI=1S/C12H12F2O2/c1-8(9-5-3-2-4-6-9)7-10(13)11(14)12(15)16/h2-6,10-11H,1,7H2,(H,15,16). The maximum absolute atomic E-state index is 13.2. The van der Waals surface area contributed by atoms with Crippen molar-refractivity contribution in [3.63, 3.8) is 0 Å². The molecule has 0 saturated carbocycles. The van der Waals surface area contributed by atoms with Gasteiger partial charge in [0.1, 0.15) is 6.17 Å². The van der Waals surface area contributed by atoms with E-state index in [1.54, 1.807) is 30.3 Å². The maximum atomic E-state index is 13.2. The fraction of sp³-hybridized carbons (Fsp3) is 0.250. The number of alkyl halides is 2. The molecule has 0 spiro atoms. The van der Waals surface area contributed by atoms with E-state index >= 15 is 0 Å². The minimum Gasteiger partial charge on any atom is -0.479 e. The van der Waals surface area contributed by atoms with Gasteiger partial charge in [0.05, 0.1) is 0 Å². The Morgan fingerprint density at radius 3 is 2.38 bits per heavy atom. The van der Waals surface area contributed by atoms with Crippen molar-refractivity contribution >= 4 is 11.5 Å². The third-order valence-corrected chi connectivity index (χ3v) is 2.18. The molecule has 0 heterocycles. The van der Waals surface area contributed by atoms with Gasteiger partial charge in [0.2, 0.25) is 6.17 Å². The first-order valence-corrected chi connectivity index (χ1v) is 4.76. The lowest BCUT2D eigenvalue weighted by atomic mass is 10.0. The van der Waals surface area contributed by atoms with E-state index in [-0.39, 0.29) is 6.42 Å². The molecule has 4 heteroatoms. The second kappa shape index (κ2) is 5.39. The summed E-state index contributed by atoms with van der Waals surface area (Å²) in [5, 5.41) is 8.29. The Morgan fingerprint density at radius 1 is 1.31 bits per heavy atom. The summed E-state index contributed by atoms with van der Waals surface area (Å²) in [5.41, 5.74) is 1.07. The predicted molar refractivity (Wildman–Crippen MR) is 57.5 cm³/mol. The molecule has 1 aromatic carbocycles. The van der Waals surface area contributed by atoms with Gasteiger partial charge in [-0.05, 0) is 11.1 Å². The largest absolute Gasteiger partial charge is 0.479 e. The number of aliphatic carboxylic acids is 1. The topological polar surface area (TPSA) is 37.3 Å². The van der Waals surface area contributed by atoms with Gasteiger partial charge in [0, 0.05) is 6.42 Å². The number of carbonyl (C=O) groups is 1. The number of benzene rings is 1. The van der Waals surface area contributed by atoms with Crippen LogP contribution in [0.15, 0.2) is 36.9 Å². The summed E-state index contributed by atoms with van der Waals surface area (Å²) in [5.74, 6) is -1.78. The van der Waals surface area contributed by atoms with Gasteiger partial charge >= 0.3 is 5.97 Å². The molecule has 0 aliphatic carbocycles. The number of hydrogen-bond donors (Lipinski definition) is 1. The Kier molecular flexibility index (Phi) is 4.17. The molecule has 2 nitrogen and oxygen atoms in total. The number of carboxylic acid groups (broad SMARTS) is 1. The van der Waals surface area contributed by atoms with E-state index in [1.165, 1.54) is 0 Å². The minimum atomic E-state index is -2.50. The van der Waals surface area contributed by atoms with Gasteiger partial charge in [-0.2, -0.15) is 0 Å². The van der Waals surface area contributed by atoms with E-state index in [4.69, 9.17) is 5.11 Å². The van der Waals surface area contributed by atoms with Gasteiger partial charge in [-0.15, -0.1) is 0 Å². The molecule has 0 fully saturated rings. The number of allylic oxidation sites excluding steroid dienone is 1. The van der Waals surface area contributed by atoms with Crippen LogP contribution in [-0.4, -0.2) is 23.4 Å². The molecule has 0 amide bonds. The van der Waals surface area contributed by atoms with E-state index in [2.05, 4.69) is 6.58 Å². The SMILES string of the molecule is C=C(CC(F)C(F)C(=O)O)c1ccccc1. The third-order valence-electron chi connectivity index (χ3n) is 2.18. The zero-order valence-electron chi connectivity index (χ0n) is 8.57. The third kappa shape index (κ3) is 3.15. The first kappa shape index (κ1) is 12.4. The number of carboxylic acids is 1. The summed E-state index contributed by atoms with van der Waals surface area (Å²) in [6, 6.07) is 8.71. The molecule has 1 N–H and O–H groups in total. The normalized spacial score (nSPS) is 14.1. The van der Waals surface area contributed by atoms with Crippen LogP contribution < -0.4 is 0 Å². The zero-order valence-corrected chi connectivity index (χ0v) is 8.57. The monoisotopic (exact) mass is 226 g/mol.